The number of carboxylic acids is 1. The first-order chi connectivity index (χ1) is 14.0. The Hall–Kier alpha value is -3.08. The second-order valence-electron chi connectivity index (χ2n) is 7.09. The molecule has 0 saturated carbocycles. The maximum absolute atomic E-state index is 11.7. The number of nitrogens with zero attached hydrogens (tertiary/aromatic N) is 1. The molecule has 1 heterocycles. The molecule has 0 unspecified atom stereocenters. The Balaban J connectivity index is 1.95. The Bertz CT molecular complexity index is 1010. The molecule has 0 bridgehead atoms. The smallest absolute Gasteiger partial charge is 0.161 e. The summed E-state index contributed by atoms with van der Waals surface area (Å²) >= 11 is 0. The molecule has 0 radical (unpaired) electrons. The molecule has 0 aliphatic carbocycles. The van der Waals surface area contributed by atoms with Crippen LogP contribution < -0.4 is 14.6 Å². The molecule has 0 spiro atoms. The van der Waals surface area contributed by atoms with E-state index in [0.29, 0.717) is 34.7 Å². The van der Waals surface area contributed by atoms with E-state index in [9.17, 15) is 9.90 Å². The number of fused-ring (bicyclic) bond motifs is 1. The minimum absolute atomic E-state index is 0.129. The van der Waals surface area contributed by atoms with Crippen LogP contribution in [0.2, 0.25) is 0 Å². The summed E-state index contributed by atoms with van der Waals surface area (Å²) in [6, 6.07) is 12.6. The largest absolute Gasteiger partial charge is 0.545 e. The van der Waals surface area contributed by atoms with Gasteiger partial charge in [0.05, 0.1) is 30.9 Å². The van der Waals surface area contributed by atoms with Crippen LogP contribution in [0.3, 0.4) is 0 Å². The highest BCUT2D eigenvalue weighted by Crippen LogP contribution is 2.34. The average molecular weight is 392 g/mol. The van der Waals surface area contributed by atoms with Crippen molar-refractivity contribution in [2.75, 3.05) is 13.7 Å². The monoisotopic (exact) mass is 392 g/mol. The van der Waals surface area contributed by atoms with Crippen molar-refractivity contribution in [3.8, 4) is 22.8 Å². The lowest BCUT2D eigenvalue weighted by Crippen LogP contribution is -2.22. The van der Waals surface area contributed by atoms with Gasteiger partial charge in [0.15, 0.2) is 11.5 Å². The Morgan fingerprint density at radius 3 is 2.62 bits per heavy atom. The summed E-state index contributed by atoms with van der Waals surface area (Å²) in [4.78, 5) is 16.4. The first kappa shape index (κ1) is 20.6. The van der Waals surface area contributed by atoms with E-state index >= 15 is 0 Å². The minimum atomic E-state index is -1.22. The van der Waals surface area contributed by atoms with Crippen molar-refractivity contribution in [3.63, 3.8) is 0 Å². The van der Waals surface area contributed by atoms with Crippen LogP contribution in [0.4, 0.5) is 0 Å². The molecule has 5 heteroatoms. The van der Waals surface area contributed by atoms with Gasteiger partial charge in [0.25, 0.3) is 0 Å². The molecule has 3 aromatic rings. The topological polar surface area (TPSA) is 71.5 Å². The number of hydrogen-bond acceptors (Lipinski definition) is 5. The number of carboxylic acid groups (broad SMARTS) is 1. The number of hydrogen-bond donors (Lipinski definition) is 0. The highest BCUT2D eigenvalue weighted by molar-refractivity contribution is 6.03. The number of benzene rings is 2. The van der Waals surface area contributed by atoms with E-state index in [0.717, 1.165) is 24.0 Å². The highest BCUT2D eigenvalue weighted by atomic mass is 16.5. The molecular formula is C24H26NO4-. The molecule has 3 rings (SSSR count). The molecule has 0 amide bonds. The molecule has 2 aromatic carbocycles. The molecule has 0 atom stereocenters. The maximum atomic E-state index is 11.7. The highest BCUT2D eigenvalue weighted by Gasteiger charge is 2.13. The molecular weight excluding hydrogens is 366 g/mol. The Labute approximate surface area is 171 Å². The van der Waals surface area contributed by atoms with Crippen LogP contribution in [0.1, 0.15) is 48.5 Å². The van der Waals surface area contributed by atoms with Crippen LogP contribution in [-0.2, 0) is 0 Å². The number of unbranched alkanes of at least 4 members (excludes halogenated alkanes) is 3. The summed E-state index contributed by atoms with van der Waals surface area (Å²) < 4.78 is 11.4. The summed E-state index contributed by atoms with van der Waals surface area (Å²) in [5.74, 6) is 0.0489. The second kappa shape index (κ2) is 9.41. The van der Waals surface area contributed by atoms with Crippen molar-refractivity contribution >= 4 is 16.9 Å². The maximum Gasteiger partial charge on any atom is 0.161 e. The van der Waals surface area contributed by atoms with E-state index in [4.69, 9.17) is 14.5 Å². The van der Waals surface area contributed by atoms with Gasteiger partial charge in [0.2, 0.25) is 0 Å². The van der Waals surface area contributed by atoms with Gasteiger partial charge in [0.1, 0.15) is 0 Å². The van der Waals surface area contributed by atoms with E-state index < -0.39 is 5.97 Å². The number of para-hydroxylation sites is 1. The average Bonchev–Trinajstić information content (AvgIpc) is 2.73. The number of rotatable bonds is 9. The zero-order chi connectivity index (χ0) is 20.8. The van der Waals surface area contributed by atoms with Crippen molar-refractivity contribution in [1.82, 2.24) is 4.98 Å². The van der Waals surface area contributed by atoms with E-state index in [1.165, 1.54) is 12.8 Å². The summed E-state index contributed by atoms with van der Waals surface area (Å²) in [6.45, 7) is 4.73. The van der Waals surface area contributed by atoms with Crippen molar-refractivity contribution in [3.05, 3.63) is 53.6 Å². The van der Waals surface area contributed by atoms with Crippen molar-refractivity contribution in [2.24, 2.45) is 0 Å². The molecule has 0 fully saturated rings. The van der Waals surface area contributed by atoms with Crippen LogP contribution >= 0.6 is 0 Å². The number of methoxy groups -OCH3 is 1. The predicted octanol–water partition coefficient (Wildman–Crippen LogP) is 4.54. The summed E-state index contributed by atoms with van der Waals surface area (Å²) in [7, 11) is 1.59. The zero-order valence-corrected chi connectivity index (χ0v) is 17.2. The predicted molar refractivity (Wildman–Crippen MR) is 112 cm³/mol. The first-order valence-electron chi connectivity index (χ1n) is 9.98. The number of ether oxygens (including phenoxy) is 2. The lowest BCUT2D eigenvalue weighted by atomic mass is 10.0. The zero-order valence-electron chi connectivity index (χ0n) is 17.2. The van der Waals surface area contributed by atoms with Crippen LogP contribution in [-0.4, -0.2) is 24.7 Å². The fourth-order valence-corrected chi connectivity index (χ4v) is 3.37. The lowest BCUT2D eigenvalue weighted by molar-refractivity contribution is -0.254. The molecule has 29 heavy (non-hydrogen) atoms. The molecule has 0 saturated heterocycles. The van der Waals surface area contributed by atoms with Crippen LogP contribution in [0.5, 0.6) is 11.5 Å². The molecule has 152 valence electrons. The third-order valence-electron chi connectivity index (χ3n) is 4.98. The van der Waals surface area contributed by atoms with Crippen LogP contribution in [0, 0.1) is 6.92 Å². The van der Waals surface area contributed by atoms with Gasteiger partial charge in [-0.15, -0.1) is 0 Å². The Morgan fingerprint density at radius 1 is 1.07 bits per heavy atom. The fraction of sp³-hybridized carbons (Fsp3) is 0.333. The van der Waals surface area contributed by atoms with Crippen molar-refractivity contribution in [2.45, 2.75) is 39.5 Å². The quantitative estimate of drug-likeness (QED) is 0.500. The third-order valence-corrected chi connectivity index (χ3v) is 4.98. The van der Waals surface area contributed by atoms with Gasteiger partial charge >= 0.3 is 0 Å². The van der Waals surface area contributed by atoms with Gasteiger partial charge in [-0.25, -0.2) is 4.98 Å². The van der Waals surface area contributed by atoms with Gasteiger partial charge in [-0.2, -0.15) is 0 Å². The molecule has 1 aromatic heterocycles. The summed E-state index contributed by atoms with van der Waals surface area (Å²) in [5.41, 5.74) is 3.00. The molecule has 0 aliphatic heterocycles. The van der Waals surface area contributed by atoms with Crippen LogP contribution in [0.25, 0.3) is 22.2 Å². The van der Waals surface area contributed by atoms with Gasteiger partial charge in [-0.3, -0.25) is 0 Å². The SMILES string of the molecule is CCCCCCOc1ccc(-c2cc(C(=O)[O-])c3cccc(C)c3n2)cc1OC. The summed E-state index contributed by atoms with van der Waals surface area (Å²) in [6.07, 6.45) is 4.53. The molecule has 5 nitrogen and oxygen atoms in total. The lowest BCUT2D eigenvalue weighted by Gasteiger charge is -2.14. The first-order valence-corrected chi connectivity index (χ1v) is 9.98. The van der Waals surface area contributed by atoms with Gasteiger partial charge in [-0.05, 0) is 43.2 Å². The van der Waals surface area contributed by atoms with Crippen molar-refractivity contribution in [1.29, 1.82) is 0 Å². The van der Waals surface area contributed by atoms with Gasteiger partial charge < -0.3 is 19.4 Å². The van der Waals surface area contributed by atoms with E-state index in [-0.39, 0.29) is 5.56 Å². The number of carbonyl (C=O) groups excluding carboxylic acids is 1. The fourth-order valence-electron chi connectivity index (χ4n) is 3.37. The number of aryl methyl sites for hydroxylation is 1. The standard InChI is InChI=1S/C24H27NO4/c1-4-5-6-7-13-29-21-12-11-17(14-22(21)28-3)20-15-19(24(26)27)18-10-8-9-16(2)23(18)25-20/h8-12,14-15H,4-7,13H2,1-3H3,(H,26,27)/p-1. The summed E-state index contributed by atoms with van der Waals surface area (Å²) in [5, 5.41) is 12.3. The van der Waals surface area contributed by atoms with E-state index in [2.05, 4.69) is 6.92 Å². The van der Waals surface area contributed by atoms with Crippen LogP contribution in [0.15, 0.2) is 42.5 Å². The third kappa shape index (κ3) is 4.67. The normalized spacial score (nSPS) is 10.9. The number of pyridine rings is 1. The number of aromatic carboxylic acids is 1. The van der Waals surface area contributed by atoms with E-state index in [1.54, 1.807) is 19.2 Å². The second-order valence-corrected chi connectivity index (χ2v) is 7.09. The molecule has 0 aliphatic rings. The van der Waals surface area contributed by atoms with Crippen molar-refractivity contribution < 1.29 is 19.4 Å². The number of aromatic nitrogens is 1. The Kier molecular flexibility index (Phi) is 6.70. The van der Waals surface area contributed by atoms with Gasteiger partial charge in [0, 0.05) is 16.5 Å². The number of carbonyl (C=O) groups is 1. The molecule has 0 N–H and O–H groups in total. The van der Waals surface area contributed by atoms with Gasteiger partial charge in [-0.1, -0.05) is 44.4 Å². The Morgan fingerprint density at radius 2 is 1.90 bits per heavy atom. The van der Waals surface area contributed by atoms with E-state index in [1.807, 2.05) is 37.3 Å². The minimum Gasteiger partial charge on any atom is -0.545 e.